The topological polar surface area (TPSA) is 91.4 Å². The Balaban J connectivity index is 1.69. The molecule has 0 aliphatic carbocycles. The average molecular weight is 352 g/mol. The summed E-state index contributed by atoms with van der Waals surface area (Å²) in [6.45, 7) is 3.08. The average Bonchev–Trinajstić information content (AvgIpc) is 2.87. The highest BCUT2D eigenvalue weighted by Crippen LogP contribution is 2.28. The van der Waals surface area contributed by atoms with Gasteiger partial charge in [0.05, 0.1) is 11.7 Å². The molecule has 1 saturated heterocycles. The van der Waals surface area contributed by atoms with Gasteiger partial charge in [0.2, 0.25) is 5.91 Å². The number of carbonyl (C=O) groups is 3. The minimum atomic E-state index is -1.18. The molecular formula is C19H20N4O3. The van der Waals surface area contributed by atoms with Gasteiger partial charge in [0.25, 0.3) is 5.91 Å². The Hall–Kier alpha value is -3.22. The van der Waals surface area contributed by atoms with Crippen LogP contribution in [0.15, 0.2) is 54.7 Å². The normalized spacial score (nSPS) is 20.6. The molecule has 1 aromatic heterocycles. The molecule has 7 nitrogen and oxygen atoms in total. The van der Waals surface area contributed by atoms with E-state index in [-0.39, 0.29) is 12.6 Å². The second-order valence-electron chi connectivity index (χ2n) is 6.36. The number of nitrogens with zero attached hydrogens (tertiary/aromatic N) is 2. The Morgan fingerprint density at radius 1 is 1.19 bits per heavy atom. The van der Waals surface area contributed by atoms with Gasteiger partial charge in [-0.3, -0.25) is 19.5 Å². The van der Waals surface area contributed by atoms with E-state index in [0.29, 0.717) is 11.3 Å². The van der Waals surface area contributed by atoms with E-state index in [4.69, 9.17) is 0 Å². The molecule has 0 radical (unpaired) electrons. The lowest BCUT2D eigenvalue weighted by Crippen LogP contribution is -2.43. The lowest BCUT2D eigenvalue weighted by Gasteiger charge is -2.22. The third-order valence-electron chi connectivity index (χ3n) is 4.44. The number of aromatic nitrogens is 1. The van der Waals surface area contributed by atoms with Gasteiger partial charge in [-0.25, -0.2) is 4.79 Å². The Labute approximate surface area is 151 Å². The van der Waals surface area contributed by atoms with E-state index in [1.165, 1.54) is 0 Å². The molecule has 134 valence electrons. The maximum atomic E-state index is 12.8. The summed E-state index contributed by atoms with van der Waals surface area (Å²) in [5.74, 6) is -0.877. The summed E-state index contributed by atoms with van der Waals surface area (Å²) < 4.78 is 0. The first kappa shape index (κ1) is 17.6. The summed E-state index contributed by atoms with van der Waals surface area (Å²) >= 11 is 0. The molecule has 1 aliphatic heterocycles. The summed E-state index contributed by atoms with van der Waals surface area (Å²) in [5, 5.41) is 5.44. The smallest absolute Gasteiger partial charge is 0.325 e. The monoisotopic (exact) mass is 352 g/mol. The highest BCUT2D eigenvalue weighted by atomic mass is 16.2. The number of benzene rings is 1. The highest BCUT2D eigenvalue weighted by molar-refractivity contribution is 6.09. The van der Waals surface area contributed by atoms with Crippen LogP contribution in [0.1, 0.15) is 31.1 Å². The van der Waals surface area contributed by atoms with Crippen molar-refractivity contribution in [1.29, 1.82) is 0 Å². The number of hydrogen-bond acceptors (Lipinski definition) is 4. The SMILES string of the molecule is CC(NC(=O)CN1C(=O)NC(C)(c2ccccc2)C1=O)c1ccccn1. The van der Waals surface area contributed by atoms with Crippen LogP contribution < -0.4 is 10.6 Å². The molecule has 1 aromatic carbocycles. The number of carbonyl (C=O) groups excluding carboxylic acids is 3. The lowest BCUT2D eigenvalue weighted by atomic mass is 9.92. The van der Waals surface area contributed by atoms with Crippen LogP contribution >= 0.6 is 0 Å². The van der Waals surface area contributed by atoms with Gasteiger partial charge in [0.15, 0.2) is 0 Å². The molecule has 4 amide bonds. The van der Waals surface area contributed by atoms with Gasteiger partial charge >= 0.3 is 6.03 Å². The van der Waals surface area contributed by atoms with Gasteiger partial charge in [-0.2, -0.15) is 0 Å². The number of urea groups is 1. The largest absolute Gasteiger partial charge is 0.346 e. The molecule has 2 unspecified atom stereocenters. The van der Waals surface area contributed by atoms with Crippen molar-refractivity contribution in [2.24, 2.45) is 0 Å². The molecule has 2 heterocycles. The second kappa shape index (κ2) is 6.95. The van der Waals surface area contributed by atoms with E-state index >= 15 is 0 Å². The molecule has 0 bridgehead atoms. The fourth-order valence-electron chi connectivity index (χ4n) is 2.94. The van der Waals surface area contributed by atoms with Crippen LogP contribution in [0.3, 0.4) is 0 Å². The fraction of sp³-hybridized carbons (Fsp3) is 0.263. The maximum Gasteiger partial charge on any atom is 0.325 e. The number of amides is 4. The third kappa shape index (κ3) is 3.28. The van der Waals surface area contributed by atoms with Crippen molar-refractivity contribution >= 4 is 17.8 Å². The zero-order chi connectivity index (χ0) is 18.7. The lowest BCUT2D eigenvalue weighted by molar-refractivity contribution is -0.135. The molecular weight excluding hydrogens is 332 g/mol. The van der Waals surface area contributed by atoms with Gasteiger partial charge in [-0.1, -0.05) is 36.4 Å². The highest BCUT2D eigenvalue weighted by Gasteiger charge is 2.49. The van der Waals surface area contributed by atoms with Crippen molar-refractivity contribution < 1.29 is 14.4 Å². The number of nitrogens with one attached hydrogen (secondary N) is 2. The molecule has 2 aromatic rings. The maximum absolute atomic E-state index is 12.8. The molecule has 1 fully saturated rings. The zero-order valence-electron chi connectivity index (χ0n) is 14.6. The first-order valence-corrected chi connectivity index (χ1v) is 8.32. The summed E-state index contributed by atoms with van der Waals surface area (Å²) in [6.07, 6.45) is 1.64. The van der Waals surface area contributed by atoms with Crippen LogP contribution in [0.2, 0.25) is 0 Å². The molecule has 7 heteroatoms. The molecule has 2 N–H and O–H groups in total. The Morgan fingerprint density at radius 3 is 2.54 bits per heavy atom. The van der Waals surface area contributed by atoms with Crippen molar-refractivity contribution in [2.45, 2.75) is 25.4 Å². The van der Waals surface area contributed by atoms with Crippen molar-refractivity contribution in [2.75, 3.05) is 6.54 Å². The molecule has 2 atom stereocenters. The van der Waals surface area contributed by atoms with Gasteiger partial charge in [-0.05, 0) is 31.5 Å². The van der Waals surface area contributed by atoms with E-state index in [2.05, 4.69) is 15.6 Å². The van der Waals surface area contributed by atoms with Crippen molar-refractivity contribution in [1.82, 2.24) is 20.5 Å². The number of imide groups is 1. The van der Waals surface area contributed by atoms with E-state index in [0.717, 1.165) is 4.90 Å². The van der Waals surface area contributed by atoms with E-state index < -0.39 is 23.4 Å². The number of rotatable bonds is 5. The van der Waals surface area contributed by atoms with Crippen LogP contribution in [-0.2, 0) is 15.1 Å². The minimum absolute atomic E-state index is 0.329. The summed E-state index contributed by atoms with van der Waals surface area (Å²) in [6, 6.07) is 13.5. The quantitative estimate of drug-likeness (QED) is 0.802. The first-order chi connectivity index (χ1) is 12.4. The molecule has 0 spiro atoms. The summed E-state index contributed by atoms with van der Waals surface area (Å²) in [4.78, 5) is 42.5. The zero-order valence-corrected chi connectivity index (χ0v) is 14.6. The van der Waals surface area contributed by atoms with Gasteiger partial charge < -0.3 is 10.6 Å². The van der Waals surface area contributed by atoms with Crippen LogP contribution in [-0.4, -0.2) is 34.3 Å². The van der Waals surface area contributed by atoms with E-state index in [1.807, 2.05) is 12.1 Å². The Kier molecular flexibility index (Phi) is 4.71. The number of hydrogen-bond donors (Lipinski definition) is 2. The van der Waals surface area contributed by atoms with Crippen LogP contribution in [0, 0.1) is 0 Å². The molecule has 3 rings (SSSR count). The standard InChI is InChI=1S/C19H20N4O3/c1-13(15-10-6-7-11-20-15)21-16(24)12-23-17(25)19(2,22-18(23)26)14-8-4-3-5-9-14/h3-11,13H,12H2,1-2H3,(H,21,24)(H,22,26). The van der Waals surface area contributed by atoms with Crippen LogP contribution in [0.4, 0.5) is 4.79 Å². The van der Waals surface area contributed by atoms with E-state index in [1.54, 1.807) is 56.4 Å². The molecule has 1 aliphatic rings. The summed E-state index contributed by atoms with van der Waals surface area (Å²) in [5.41, 5.74) is 0.195. The molecule has 0 saturated carbocycles. The van der Waals surface area contributed by atoms with Crippen LogP contribution in [0.25, 0.3) is 0 Å². The third-order valence-corrected chi connectivity index (χ3v) is 4.44. The van der Waals surface area contributed by atoms with E-state index in [9.17, 15) is 14.4 Å². The summed E-state index contributed by atoms with van der Waals surface area (Å²) in [7, 11) is 0. The Bertz CT molecular complexity index is 825. The Morgan fingerprint density at radius 2 is 1.88 bits per heavy atom. The van der Waals surface area contributed by atoms with Crippen molar-refractivity contribution in [3.8, 4) is 0 Å². The number of pyridine rings is 1. The second-order valence-corrected chi connectivity index (χ2v) is 6.36. The van der Waals surface area contributed by atoms with Gasteiger partial charge in [0.1, 0.15) is 12.1 Å². The van der Waals surface area contributed by atoms with Crippen molar-refractivity contribution in [3.63, 3.8) is 0 Å². The van der Waals surface area contributed by atoms with Gasteiger partial charge in [0, 0.05) is 6.20 Å². The minimum Gasteiger partial charge on any atom is -0.346 e. The van der Waals surface area contributed by atoms with Gasteiger partial charge in [-0.15, -0.1) is 0 Å². The van der Waals surface area contributed by atoms with Crippen molar-refractivity contribution in [3.05, 3.63) is 66.0 Å². The first-order valence-electron chi connectivity index (χ1n) is 8.32. The predicted octanol–water partition coefficient (Wildman–Crippen LogP) is 1.73. The van der Waals surface area contributed by atoms with Crippen LogP contribution in [0.5, 0.6) is 0 Å². The predicted molar refractivity (Wildman–Crippen MR) is 94.8 cm³/mol. The molecule has 26 heavy (non-hydrogen) atoms. The fourth-order valence-corrected chi connectivity index (χ4v) is 2.94.